The normalized spacial score (nSPS) is 10.6. The van der Waals surface area contributed by atoms with Gasteiger partial charge in [-0.15, -0.1) is 0 Å². The molecule has 1 amide bonds. The van der Waals surface area contributed by atoms with Crippen LogP contribution in [0.2, 0.25) is 5.15 Å². The first kappa shape index (κ1) is 16.2. The quantitative estimate of drug-likeness (QED) is 0.720. The highest BCUT2D eigenvalue weighted by Crippen LogP contribution is 2.23. The van der Waals surface area contributed by atoms with Gasteiger partial charge < -0.3 is 0 Å². The summed E-state index contributed by atoms with van der Waals surface area (Å²) in [4.78, 5) is 17.6. The summed E-state index contributed by atoms with van der Waals surface area (Å²) in [5.74, 6) is -0.421. The highest BCUT2D eigenvalue weighted by atomic mass is 35.5. The van der Waals surface area contributed by atoms with E-state index in [4.69, 9.17) is 16.4 Å². The molecule has 0 bridgehead atoms. The lowest BCUT2D eigenvalue weighted by Crippen LogP contribution is -2.24. The van der Waals surface area contributed by atoms with E-state index in [-0.39, 0.29) is 11.8 Å². The molecule has 0 aliphatic rings. The van der Waals surface area contributed by atoms with Gasteiger partial charge in [0.2, 0.25) is 0 Å². The van der Waals surface area contributed by atoms with Gasteiger partial charge in [0.1, 0.15) is 10.7 Å². The minimum atomic E-state index is -0.421. The minimum Gasteiger partial charge on any atom is -0.269 e. The van der Waals surface area contributed by atoms with Crippen LogP contribution in [0.25, 0.3) is 5.69 Å². The fraction of sp³-hybridized carbons (Fsp3) is 0.111. The van der Waals surface area contributed by atoms with Crippen LogP contribution < -0.4 is 5.48 Å². The Morgan fingerprint density at radius 1 is 1.12 bits per heavy atom. The largest absolute Gasteiger partial charge is 0.279 e. The van der Waals surface area contributed by atoms with Crippen LogP contribution in [0.15, 0.2) is 60.7 Å². The number of para-hydroxylation sites is 1. The number of carbonyl (C=O) groups excluding carboxylic acids is 1. The molecule has 0 fully saturated rings. The molecule has 0 unspecified atom stereocenters. The van der Waals surface area contributed by atoms with Gasteiger partial charge in [-0.1, -0.05) is 60.1 Å². The zero-order valence-corrected chi connectivity index (χ0v) is 13.8. The number of hydrogen-bond donors (Lipinski definition) is 1. The number of nitrogens with one attached hydrogen (secondary N) is 1. The van der Waals surface area contributed by atoms with Crippen molar-refractivity contribution in [2.75, 3.05) is 0 Å². The number of hydrogen-bond acceptors (Lipinski definition) is 3. The van der Waals surface area contributed by atoms with Crippen molar-refractivity contribution in [3.63, 3.8) is 0 Å². The van der Waals surface area contributed by atoms with E-state index in [0.29, 0.717) is 11.3 Å². The fourth-order valence-electron chi connectivity index (χ4n) is 2.31. The second kappa shape index (κ2) is 7.29. The van der Waals surface area contributed by atoms with Gasteiger partial charge in [-0.2, -0.15) is 5.10 Å². The molecule has 0 spiro atoms. The van der Waals surface area contributed by atoms with Crippen molar-refractivity contribution in [2.24, 2.45) is 0 Å². The molecule has 6 heteroatoms. The van der Waals surface area contributed by atoms with E-state index >= 15 is 0 Å². The lowest BCUT2D eigenvalue weighted by atomic mass is 10.2. The van der Waals surface area contributed by atoms with Crippen molar-refractivity contribution in [3.05, 3.63) is 82.6 Å². The average Bonchev–Trinajstić information content (AvgIpc) is 2.91. The van der Waals surface area contributed by atoms with Gasteiger partial charge in [-0.25, -0.2) is 10.2 Å². The number of rotatable bonds is 5. The Morgan fingerprint density at radius 2 is 1.75 bits per heavy atom. The molecule has 5 nitrogen and oxygen atoms in total. The van der Waals surface area contributed by atoms with Gasteiger partial charge in [0.25, 0.3) is 5.91 Å². The number of hydroxylamine groups is 1. The highest BCUT2D eigenvalue weighted by Gasteiger charge is 2.21. The fourth-order valence-corrected chi connectivity index (χ4v) is 2.67. The Morgan fingerprint density at radius 3 is 2.42 bits per heavy atom. The van der Waals surface area contributed by atoms with E-state index in [2.05, 4.69) is 10.6 Å². The molecular formula is C18H16ClN3O2. The van der Waals surface area contributed by atoms with Crippen LogP contribution in [0, 0.1) is 6.92 Å². The molecule has 3 rings (SSSR count). The summed E-state index contributed by atoms with van der Waals surface area (Å²) >= 11 is 6.34. The predicted molar refractivity (Wildman–Crippen MR) is 92.0 cm³/mol. The van der Waals surface area contributed by atoms with Crippen molar-refractivity contribution < 1.29 is 9.63 Å². The van der Waals surface area contributed by atoms with Crippen molar-refractivity contribution in [3.8, 4) is 5.69 Å². The Labute approximate surface area is 144 Å². The molecule has 1 heterocycles. The van der Waals surface area contributed by atoms with Crippen LogP contribution in [0.3, 0.4) is 0 Å². The van der Waals surface area contributed by atoms with E-state index in [9.17, 15) is 4.79 Å². The van der Waals surface area contributed by atoms with Crippen LogP contribution in [0.4, 0.5) is 0 Å². The monoisotopic (exact) mass is 341 g/mol. The summed E-state index contributed by atoms with van der Waals surface area (Å²) in [5.41, 5.74) is 4.99. The molecule has 0 radical (unpaired) electrons. The standard InChI is InChI=1S/C18H16ClN3O2/c1-13-16(17(19)22(20-13)15-10-6-3-7-11-15)18(23)21-24-12-14-8-4-2-5-9-14/h2-11H,12H2,1H3,(H,21,23). The predicted octanol–water partition coefficient (Wildman–Crippen LogP) is 3.70. The maximum Gasteiger partial charge on any atom is 0.279 e. The SMILES string of the molecule is Cc1nn(-c2ccccc2)c(Cl)c1C(=O)NOCc1ccccc1. The third-order valence-electron chi connectivity index (χ3n) is 3.48. The maximum absolute atomic E-state index is 12.3. The first-order valence-electron chi connectivity index (χ1n) is 7.43. The molecule has 0 aliphatic carbocycles. The second-order valence-corrected chi connectivity index (χ2v) is 5.56. The van der Waals surface area contributed by atoms with E-state index in [1.54, 1.807) is 6.92 Å². The van der Waals surface area contributed by atoms with E-state index in [1.165, 1.54) is 4.68 Å². The molecule has 0 saturated heterocycles. The molecule has 122 valence electrons. The molecule has 0 atom stereocenters. The molecule has 1 aromatic heterocycles. The Kier molecular flexibility index (Phi) is 4.93. The van der Waals surface area contributed by atoms with Crippen LogP contribution in [-0.2, 0) is 11.4 Å². The minimum absolute atomic E-state index is 0.250. The molecular weight excluding hydrogens is 326 g/mol. The summed E-state index contributed by atoms with van der Waals surface area (Å²) < 4.78 is 1.53. The van der Waals surface area contributed by atoms with Gasteiger partial charge in [-0.3, -0.25) is 9.63 Å². The summed E-state index contributed by atoms with van der Waals surface area (Å²) in [5, 5.41) is 4.59. The smallest absolute Gasteiger partial charge is 0.269 e. The van der Waals surface area contributed by atoms with Crippen molar-refractivity contribution >= 4 is 17.5 Å². The molecule has 0 saturated carbocycles. The summed E-state index contributed by atoms with van der Waals surface area (Å²) in [7, 11) is 0. The summed E-state index contributed by atoms with van der Waals surface area (Å²) in [6.45, 7) is 2.01. The lowest BCUT2D eigenvalue weighted by molar-refractivity contribution is 0.0233. The topological polar surface area (TPSA) is 56.2 Å². The van der Waals surface area contributed by atoms with Crippen molar-refractivity contribution in [2.45, 2.75) is 13.5 Å². The summed E-state index contributed by atoms with van der Waals surface area (Å²) in [6.07, 6.45) is 0. The second-order valence-electron chi connectivity index (χ2n) is 5.20. The van der Waals surface area contributed by atoms with Crippen LogP contribution in [-0.4, -0.2) is 15.7 Å². The lowest BCUT2D eigenvalue weighted by Gasteiger charge is -2.06. The number of aryl methyl sites for hydroxylation is 1. The number of carbonyl (C=O) groups is 1. The average molecular weight is 342 g/mol. The van der Waals surface area contributed by atoms with Gasteiger partial charge in [-0.05, 0) is 24.6 Å². The van der Waals surface area contributed by atoms with Gasteiger partial charge in [0.15, 0.2) is 0 Å². The van der Waals surface area contributed by atoms with Crippen LogP contribution in [0.5, 0.6) is 0 Å². The molecule has 0 aliphatic heterocycles. The first-order chi connectivity index (χ1) is 11.7. The van der Waals surface area contributed by atoms with Gasteiger partial charge >= 0.3 is 0 Å². The van der Waals surface area contributed by atoms with Crippen molar-refractivity contribution in [1.82, 2.24) is 15.3 Å². The highest BCUT2D eigenvalue weighted by molar-refractivity contribution is 6.33. The van der Waals surface area contributed by atoms with Crippen LogP contribution in [0.1, 0.15) is 21.6 Å². The Hall–Kier alpha value is -2.63. The zero-order chi connectivity index (χ0) is 16.9. The number of amides is 1. The van der Waals surface area contributed by atoms with Crippen molar-refractivity contribution in [1.29, 1.82) is 0 Å². The summed E-state index contributed by atoms with van der Waals surface area (Å²) in [6, 6.07) is 19.0. The van der Waals surface area contributed by atoms with E-state index in [0.717, 1.165) is 11.3 Å². The molecule has 3 aromatic rings. The number of aromatic nitrogens is 2. The van der Waals surface area contributed by atoms with Crippen LogP contribution >= 0.6 is 11.6 Å². The third kappa shape index (κ3) is 3.48. The van der Waals surface area contributed by atoms with E-state index in [1.807, 2.05) is 60.7 Å². The van der Waals surface area contributed by atoms with E-state index < -0.39 is 5.91 Å². The molecule has 2 aromatic carbocycles. The molecule has 1 N–H and O–H groups in total. The van der Waals surface area contributed by atoms with Gasteiger partial charge in [0.05, 0.1) is 18.0 Å². The maximum atomic E-state index is 12.3. The third-order valence-corrected chi connectivity index (χ3v) is 3.83. The Bertz CT molecular complexity index is 832. The van der Waals surface area contributed by atoms with Gasteiger partial charge in [0, 0.05) is 0 Å². The molecule has 24 heavy (non-hydrogen) atoms. The number of nitrogens with zero attached hydrogens (tertiary/aromatic N) is 2. The number of benzene rings is 2. The zero-order valence-electron chi connectivity index (χ0n) is 13.1. The Balaban J connectivity index is 1.72. The first-order valence-corrected chi connectivity index (χ1v) is 7.81. The number of halogens is 1.